The lowest BCUT2D eigenvalue weighted by Gasteiger charge is -2.36. The van der Waals surface area contributed by atoms with Gasteiger partial charge in [0.2, 0.25) is 0 Å². The molecule has 7 nitrogen and oxygen atoms in total. The molecule has 2 aromatic rings. The largest absolute Gasteiger partial charge is 0.453 e. The number of likely N-dealkylation sites (tertiary alicyclic amines) is 1. The fourth-order valence-corrected chi connectivity index (χ4v) is 3.45. The zero-order chi connectivity index (χ0) is 20.1. The van der Waals surface area contributed by atoms with Crippen LogP contribution in [0.15, 0.2) is 24.5 Å². The van der Waals surface area contributed by atoms with E-state index in [1.807, 2.05) is 45.0 Å². The number of rotatable bonds is 6. The topological polar surface area (TPSA) is 71.5 Å². The van der Waals surface area contributed by atoms with Crippen LogP contribution in [0.25, 0.3) is 0 Å². The third-order valence-electron chi connectivity index (χ3n) is 5.56. The van der Waals surface area contributed by atoms with Crippen molar-refractivity contribution >= 4 is 5.91 Å². The minimum Gasteiger partial charge on any atom is -0.453 e. The maximum Gasteiger partial charge on any atom is 0.317 e. The van der Waals surface area contributed by atoms with Gasteiger partial charge >= 0.3 is 6.01 Å². The van der Waals surface area contributed by atoms with E-state index in [9.17, 15) is 4.79 Å². The predicted octanol–water partition coefficient (Wildman–Crippen LogP) is 2.30. The van der Waals surface area contributed by atoms with Gasteiger partial charge in [-0.1, -0.05) is 6.07 Å². The quantitative estimate of drug-likeness (QED) is 0.762. The Hall–Kier alpha value is -2.54. The molecule has 0 aromatic carbocycles. The van der Waals surface area contributed by atoms with E-state index < -0.39 is 0 Å². The van der Waals surface area contributed by atoms with E-state index in [0.717, 1.165) is 49.4 Å². The molecule has 0 spiro atoms. The van der Waals surface area contributed by atoms with Gasteiger partial charge in [-0.25, -0.2) is 9.97 Å². The molecule has 0 aliphatic carbocycles. The molecule has 3 rings (SSSR count). The van der Waals surface area contributed by atoms with Gasteiger partial charge < -0.3 is 9.64 Å². The zero-order valence-corrected chi connectivity index (χ0v) is 17.2. The Labute approximate surface area is 166 Å². The van der Waals surface area contributed by atoms with Crippen LogP contribution in [0, 0.1) is 20.8 Å². The van der Waals surface area contributed by atoms with Crippen LogP contribution in [0.2, 0.25) is 0 Å². The van der Waals surface area contributed by atoms with E-state index in [0.29, 0.717) is 0 Å². The Balaban J connectivity index is 1.46. The number of ether oxygens (including phenoxy) is 1. The molecular formula is C21H29N5O2. The SMILES string of the molecule is Cc1nc(OCC(=O)N(C)C2CCN(Cc3cccnc3)CC2)nc(C)c1C. The van der Waals surface area contributed by atoms with Crippen LogP contribution >= 0.6 is 0 Å². The number of carbonyl (C=O) groups excluding carboxylic acids is 1. The predicted molar refractivity (Wildman–Crippen MR) is 107 cm³/mol. The first-order valence-electron chi connectivity index (χ1n) is 9.75. The number of amides is 1. The highest BCUT2D eigenvalue weighted by molar-refractivity contribution is 5.77. The summed E-state index contributed by atoms with van der Waals surface area (Å²) in [6.07, 6.45) is 5.63. The Morgan fingerprint density at radius 3 is 2.50 bits per heavy atom. The number of aromatic nitrogens is 3. The Morgan fingerprint density at radius 1 is 1.21 bits per heavy atom. The number of nitrogens with zero attached hydrogens (tertiary/aromatic N) is 5. The molecule has 0 saturated carbocycles. The van der Waals surface area contributed by atoms with Gasteiger partial charge in [-0.15, -0.1) is 0 Å². The number of piperidine rings is 1. The molecule has 0 atom stereocenters. The van der Waals surface area contributed by atoms with Crippen molar-refractivity contribution in [2.24, 2.45) is 0 Å². The van der Waals surface area contributed by atoms with Crippen LogP contribution in [0.4, 0.5) is 0 Å². The number of pyridine rings is 1. The van der Waals surface area contributed by atoms with Crippen molar-refractivity contribution in [2.75, 3.05) is 26.7 Å². The monoisotopic (exact) mass is 383 g/mol. The highest BCUT2D eigenvalue weighted by Crippen LogP contribution is 2.18. The van der Waals surface area contributed by atoms with Gasteiger partial charge in [-0.05, 0) is 50.8 Å². The molecular weight excluding hydrogens is 354 g/mol. The maximum absolute atomic E-state index is 12.5. The molecule has 2 aromatic heterocycles. The van der Waals surface area contributed by atoms with Crippen LogP contribution in [0.3, 0.4) is 0 Å². The highest BCUT2D eigenvalue weighted by atomic mass is 16.5. The molecule has 150 valence electrons. The van der Waals surface area contributed by atoms with E-state index in [2.05, 4.69) is 25.9 Å². The first kappa shape index (κ1) is 20.2. The second-order valence-corrected chi connectivity index (χ2v) is 7.46. The van der Waals surface area contributed by atoms with Gasteiger partial charge in [0.25, 0.3) is 5.91 Å². The van der Waals surface area contributed by atoms with Crippen LogP contribution < -0.4 is 4.74 Å². The summed E-state index contributed by atoms with van der Waals surface area (Å²) in [6, 6.07) is 4.58. The van der Waals surface area contributed by atoms with E-state index in [1.165, 1.54) is 5.56 Å². The zero-order valence-electron chi connectivity index (χ0n) is 17.2. The number of carbonyl (C=O) groups is 1. The van der Waals surface area contributed by atoms with Crippen molar-refractivity contribution in [1.82, 2.24) is 24.8 Å². The summed E-state index contributed by atoms with van der Waals surface area (Å²) in [5, 5.41) is 0. The van der Waals surface area contributed by atoms with Crippen molar-refractivity contribution in [3.05, 3.63) is 47.0 Å². The summed E-state index contributed by atoms with van der Waals surface area (Å²) in [4.78, 5) is 29.6. The normalized spacial score (nSPS) is 15.4. The first-order chi connectivity index (χ1) is 13.4. The van der Waals surface area contributed by atoms with Gasteiger partial charge in [-0.2, -0.15) is 0 Å². The lowest BCUT2D eigenvalue weighted by Crippen LogP contribution is -2.46. The smallest absolute Gasteiger partial charge is 0.317 e. The van der Waals surface area contributed by atoms with Crippen LogP contribution in [-0.2, 0) is 11.3 Å². The molecule has 3 heterocycles. The molecule has 1 fully saturated rings. The molecule has 0 radical (unpaired) electrons. The average Bonchev–Trinajstić information content (AvgIpc) is 2.71. The summed E-state index contributed by atoms with van der Waals surface area (Å²) < 4.78 is 5.57. The first-order valence-corrected chi connectivity index (χ1v) is 9.75. The second-order valence-electron chi connectivity index (χ2n) is 7.46. The van der Waals surface area contributed by atoms with Gasteiger partial charge in [0.15, 0.2) is 6.61 Å². The molecule has 1 aliphatic rings. The van der Waals surface area contributed by atoms with Crippen molar-refractivity contribution in [1.29, 1.82) is 0 Å². The minimum absolute atomic E-state index is 0.0334. The molecule has 0 bridgehead atoms. The Kier molecular flexibility index (Phi) is 6.57. The fraction of sp³-hybridized carbons (Fsp3) is 0.524. The van der Waals surface area contributed by atoms with Gasteiger partial charge in [0.05, 0.1) is 0 Å². The number of aryl methyl sites for hydroxylation is 2. The molecule has 1 saturated heterocycles. The van der Waals surface area contributed by atoms with Crippen LogP contribution in [-0.4, -0.2) is 63.4 Å². The average molecular weight is 383 g/mol. The van der Waals surface area contributed by atoms with Gasteiger partial charge in [-0.3, -0.25) is 14.7 Å². The van der Waals surface area contributed by atoms with Gasteiger partial charge in [0.1, 0.15) is 0 Å². The lowest BCUT2D eigenvalue weighted by atomic mass is 10.0. The van der Waals surface area contributed by atoms with Gasteiger partial charge in [0, 0.05) is 56.5 Å². The van der Waals surface area contributed by atoms with Crippen LogP contribution in [0.1, 0.15) is 35.4 Å². The lowest BCUT2D eigenvalue weighted by molar-refractivity contribution is -0.135. The van der Waals surface area contributed by atoms with Crippen molar-refractivity contribution < 1.29 is 9.53 Å². The standard InChI is InChI=1S/C21H29N5O2/c1-15-16(2)23-21(24-17(15)3)28-14-20(27)25(4)19-7-10-26(11-8-19)13-18-6-5-9-22-12-18/h5-6,9,12,19H,7-8,10-11,13-14H2,1-4H3. The molecule has 1 amide bonds. The van der Waals surface area contributed by atoms with Crippen molar-refractivity contribution in [3.63, 3.8) is 0 Å². The summed E-state index contributed by atoms with van der Waals surface area (Å²) in [5.41, 5.74) is 4.03. The molecule has 7 heteroatoms. The van der Waals surface area contributed by atoms with Crippen molar-refractivity contribution in [2.45, 2.75) is 46.2 Å². The molecule has 28 heavy (non-hydrogen) atoms. The molecule has 1 aliphatic heterocycles. The van der Waals surface area contributed by atoms with E-state index >= 15 is 0 Å². The number of likely N-dealkylation sites (N-methyl/N-ethyl adjacent to an activating group) is 1. The van der Waals surface area contributed by atoms with E-state index in [-0.39, 0.29) is 24.6 Å². The fourth-order valence-electron chi connectivity index (χ4n) is 3.45. The summed E-state index contributed by atoms with van der Waals surface area (Å²) in [6.45, 7) is 8.64. The third-order valence-corrected chi connectivity index (χ3v) is 5.56. The second kappa shape index (κ2) is 9.10. The summed E-state index contributed by atoms with van der Waals surface area (Å²) in [5.74, 6) is -0.0369. The number of hydrogen-bond acceptors (Lipinski definition) is 6. The Bertz CT molecular complexity index is 781. The van der Waals surface area contributed by atoms with Crippen LogP contribution in [0.5, 0.6) is 6.01 Å². The third kappa shape index (κ3) is 5.04. The number of hydrogen-bond donors (Lipinski definition) is 0. The summed E-state index contributed by atoms with van der Waals surface area (Å²) >= 11 is 0. The van der Waals surface area contributed by atoms with E-state index in [1.54, 1.807) is 6.20 Å². The summed E-state index contributed by atoms with van der Waals surface area (Å²) in [7, 11) is 1.86. The maximum atomic E-state index is 12.5. The van der Waals surface area contributed by atoms with E-state index in [4.69, 9.17) is 4.74 Å². The van der Waals surface area contributed by atoms with Crippen molar-refractivity contribution in [3.8, 4) is 6.01 Å². The Morgan fingerprint density at radius 2 is 1.89 bits per heavy atom. The molecule has 0 N–H and O–H groups in total. The highest BCUT2D eigenvalue weighted by Gasteiger charge is 2.25. The molecule has 0 unspecified atom stereocenters. The minimum atomic E-state index is -0.0369.